The molecule has 1 aliphatic rings. The molecule has 17 heavy (non-hydrogen) atoms. The molecule has 1 fully saturated rings. The number of nitrogens with zero attached hydrogens (tertiary/aromatic N) is 2. The van der Waals surface area contributed by atoms with Crippen molar-refractivity contribution in [3.63, 3.8) is 0 Å². The van der Waals surface area contributed by atoms with Crippen LogP contribution < -0.4 is 10.5 Å². The van der Waals surface area contributed by atoms with Crippen LogP contribution >= 0.6 is 12.2 Å². The molecule has 0 radical (unpaired) electrons. The summed E-state index contributed by atoms with van der Waals surface area (Å²) in [5.41, 5.74) is 8.12. The third-order valence-corrected chi connectivity index (χ3v) is 3.04. The Bertz CT molecular complexity index is 445. The molecule has 2 heterocycles. The molecular weight excluding hydrogens is 238 g/mol. The third kappa shape index (κ3) is 2.53. The highest BCUT2D eigenvalue weighted by molar-refractivity contribution is 7.80. The van der Waals surface area contributed by atoms with E-state index in [1.165, 1.54) is 0 Å². The minimum Gasteiger partial charge on any atom is -0.470 e. The average molecular weight is 253 g/mol. The molecule has 1 atom stereocenters. The predicted molar refractivity (Wildman–Crippen MR) is 67.2 cm³/mol. The van der Waals surface area contributed by atoms with E-state index < -0.39 is 0 Å². The smallest absolute Gasteiger partial charge is 0.244 e. The van der Waals surface area contributed by atoms with Gasteiger partial charge in [-0.2, -0.15) is 5.10 Å². The van der Waals surface area contributed by atoms with E-state index >= 15 is 0 Å². The largest absolute Gasteiger partial charge is 0.470 e. The van der Waals surface area contributed by atoms with Crippen LogP contribution in [0.25, 0.3) is 0 Å². The quantitative estimate of drug-likeness (QED) is 0.807. The van der Waals surface area contributed by atoms with E-state index in [9.17, 15) is 0 Å². The fourth-order valence-electron chi connectivity index (χ4n) is 1.72. The van der Waals surface area contributed by atoms with Crippen molar-refractivity contribution in [1.29, 1.82) is 0 Å². The van der Waals surface area contributed by atoms with E-state index in [0.29, 0.717) is 24.7 Å². The fraction of sp³-hybridized carbons (Fsp3) is 0.545. The van der Waals surface area contributed by atoms with Gasteiger partial charge in [0.15, 0.2) is 0 Å². The summed E-state index contributed by atoms with van der Waals surface area (Å²) in [5.74, 6) is 0.413. The highest BCUT2D eigenvalue weighted by Crippen LogP contribution is 2.23. The zero-order chi connectivity index (χ0) is 12.4. The van der Waals surface area contributed by atoms with Crippen molar-refractivity contribution in [3.8, 4) is 5.88 Å². The van der Waals surface area contributed by atoms with Crippen LogP contribution in [0.4, 0.5) is 0 Å². The molecule has 5 nitrogen and oxygen atoms in total. The van der Waals surface area contributed by atoms with Crippen LogP contribution in [-0.4, -0.2) is 34.5 Å². The SMILES string of the molecule is Cc1nnc(OC2CCOC2)c(C(N)=S)c1C. The molecule has 0 aromatic carbocycles. The van der Waals surface area contributed by atoms with Crippen molar-refractivity contribution in [1.82, 2.24) is 10.2 Å². The Labute approximate surface area is 105 Å². The lowest BCUT2D eigenvalue weighted by molar-refractivity contribution is 0.137. The Morgan fingerprint density at radius 3 is 2.82 bits per heavy atom. The maximum absolute atomic E-state index is 5.74. The number of hydrogen-bond donors (Lipinski definition) is 1. The summed E-state index contributed by atoms with van der Waals surface area (Å²) >= 11 is 5.04. The fourth-order valence-corrected chi connectivity index (χ4v) is 1.96. The van der Waals surface area contributed by atoms with Gasteiger partial charge in [0.2, 0.25) is 5.88 Å². The summed E-state index contributed by atoms with van der Waals surface area (Å²) in [7, 11) is 0. The Morgan fingerprint density at radius 1 is 1.47 bits per heavy atom. The van der Waals surface area contributed by atoms with Crippen LogP contribution in [-0.2, 0) is 4.74 Å². The number of aromatic nitrogens is 2. The van der Waals surface area contributed by atoms with Crippen molar-refractivity contribution in [2.45, 2.75) is 26.4 Å². The van der Waals surface area contributed by atoms with Gasteiger partial charge in [0.05, 0.1) is 24.5 Å². The minimum atomic E-state index is 0.0134. The van der Waals surface area contributed by atoms with E-state index in [1.54, 1.807) is 0 Å². The summed E-state index contributed by atoms with van der Waals surface area (Å²) < 4.78 is 11.0. The molecule has 1 aromatic rings. The number of rotatable bonds is 3. The van der Waals surface area contributed by atoms with E-state index in [4.69, 9.17) is 27.4 Å². The normalized spacial score (nSPS) is 19.3. The van der Waals surface area contributed by atoms with Gasteiger partial charge in [0.1, 0.15) is 11.1 Å². The van der Waals surface area contributed by atoms with Crippen LogP contribution in [0.5, 0.6) is 5.88 Å². The second kappa shape index (κ2) is 4.93. The summed E-state index contributed by atoms with van der Waals surface area (Å²) in [6, 6.07) is 0. The highest BCUT2D eigenvalue weighted by Gasteiger charge is 2.22. The van der Waals surface area contributed by atoms with Crippen LogP contribution in [0.1, 0.15) is 23.2 Å². The maximum atomic E-state index is 5.74. The monoisotopic (exact) mass is 253 g/mol. The number of thiocarbonyl (C=S) groups is 1. The van der Waals surface area contributed by atoms with Gasteiger partial charge in [-0.05, 0) is 19.4 Å². The molecule has 92 valence electrons. The number of aryl methyl sites for hydroxylation is 1. The minimum absolute atomic E-state index is 0.0134. The lowest BCUT2D eigenvalue weighted by atomic mass is 10.1. The molecule has 2 rings (SSSR count). The first kappa shape index (κ1) is 12.2. The topological polar surface area (TPSA) is 70.3 Å². The van der Waals surface area contributed by atoms with E-state index in [-0.39, 0.29) is 11.1 Å². The molecule has 0 saturated carbocycles. The second-order valence-corrected chi connectivity index (χ2v) is 4.50. The van der Waals surface area contributed by atoms with Crippen molar-refractivity contribution >= 4 is 17.2 Å². The molecule has 1 aliphatic heterocycles. The first-order valence-corrected chi connectivity index (χ1v) is 5.88. The number of ether oxygens (including phenoxy) is 2. The number of hydrogen-bond acceptors (Lipinski definition) is 5. The molecule has 1 unspecified atom stereocenters. The molecule has 0 spiro atoms. The molecule has 1 aromatic heterocycles. The van der Waals surface area contributed by atoms with Gasteiger partial charge < -0.3 is 15.2 Å². The first-order valence-electron chi connectivity index (χ1n) is 5.47. The van der Waals surface area contributed by atoms with E-state index in [2.05, 4.69) is 10.2 Å². The molecule has 0 aliphatic carbocycles. The van der Waals surface area contributed by atoms with Gasteiger partial charge in [-0.3, -0.25) is 0 Å². The highest BCUT2D eigenvalue weighted by atomic mass is 32.1. The van der Waals surface area contributed by atoms with Gasteiger partial charge in [-0.15, -0.1) is 5.10 Å². The van der Waals surface area contributed by atoms with E-state index in [0.717, 1.165) is 17.7 Å². The predicted octanol–water partition coefficient (Wildman–Crippen LogP) is 0.895. The van der Waals surface area contributed by atoms with Gasteiger partial charge in [-0.1, -0.05) is 12.2 Å². The van der Waals surface area contributed by atoms with Crippen LogP contribution in [0, 0.1) is 13.8 Å². The van der Waals surface area contributed by atoms with Gasteiger partial charge in [0, 0.05) is 6.42 Å². The zero-order valence-electron chi connectivity index (χ0n) is 9.90. The first-order chi connectivity index (χ1) is 8.09. The Balaban J connectivity index is 2.32. The van der Waals surface area contributed by atoms with Crippen molar-refractivity contribution in [3.05, 3.63) is 16.8 Å². The lowest BCUT2D eigenvalue weighted by Gasteiger charge is -2.15. The number of nitrogens with two attached hydrogens (primary N) is 1. The Kier molecular flexibility index (Phi) is 3.54. The molecule has 0 bridgehead atoms. The van der Waals surface area contributed by atoms with Crippen LogP contribution in [0.3, 0.4) is 0 Å². The summed E-state index contributed by atoms with van der Waals surface area (Å²) in [6.45, 7) is 5.07. The molecule has 1 saturated heterocycles. The summed E-state index contributed by atoms with van der Waals surface area (Å²) in [6.07, 6.45) is 0.866. The van der Waals surface area contributed by atoms with E-state index in [1.807, 2.05) is 13.8 Å². The van der Waals surface area contributed by atoms with Crippen LogP contribution in [0.15, 0.2) is 0 Å². The molecular formula is C11H15N3O2S. The summed E-state index contributed by atoms with van der Waals surface area (Å²) in [4.78, 5) is 0.286. The zero-order valence-corrected chi connectivity index (χ0v) is 10.7. The van der Waals surface area contributed by atoms with Crippen LogP contribution in [0.2, 0.25) is 0 Å². The molecule has 6 heteroatoms. The Morgan fingerprint density at radius 2 is 2.24 bits per heavy atom. The van der Waals surface area contributed by atoms with Gasteiger partial charge in [-0.25, -0.2) is 0 Å². The Hall–Kier alpha value is -1.27. The molecule has 2 N–H and O–H groups in total. The standard InChI is InChI=1S/C11H15N3O2S/c1-6-7(2)13-14-11(9(6)10(12)17)16-8-3-4-15-5-8/h8H,3-5H2,1-2H3,(H2,12,17). The lowest BCUT2D eigenvalue weighted by Crippen LogP contribution is -2.22. The van der Waals surface area contributed by atoms with Gasteiger partial charge in [0.25, 0.3) is 0 Å². The van der Waals surface area contributed by atoms with Crippen molar-refractivity contribution < 1.29 is 9.47 Å². The molecule has 0 amide bonds. The van der Waals surface area contributed by atoms with Crippen molar-refractivity contribution in [2.75, 3.05) is 13.2 Å². The third-order valence-electron chi connectivity index (χ3n) is 2.83. The maximum Gasteiger partial charge on any atom is 0.244 e. The second-order valence-electron chi connectivity index (χ2n) is 4.06. The van der Waals surface area contributed by atoms with Gasteiger partial charge >= 0.3 is 0 Å². The summed E-state index contributed by atoms with van der Waals surface area (Å²) in [5, 5.41) is 8.06. The van der Waals surface area contributed by atoms with Crippen molar-refractivity contribution in [2.24, 2.45) is 5.73 Å². The average Bonchev–Trinajstić information content (AvgIpc) is 2.76.